The van der Waals surface area contributed by atoms with Crippen LogP contribution < -0.4 is 19.1 Å². The van der Waals surface area contributed by atoms with Crippen LogP contribution in [0.25, 0.3) is 6.08 Å². The zero-order chi connectivity index (χ0) is 18.8. The molecule has 0 N–H and O–H groups in total. The van der Waals surface area contributed by atoms with E-state index in [1.165, 1.54) is 16.7 Å². The number of hydrogen-bond donors (Lipinski definition) is 0. The Balaban J connectivity index is 1.59. The Morgan fingerprint density at radius 3 is 2.93 bits per heavy atom. The molecule has 136 valence electrons. The molecule has 0 bridgehead atoms. The second-order valence-corrected chi connectivity index (χ2v) is 7.40. The molecule has 2 aromatic carbocycles. The number of nitrogens with zero attached hydrogens (tertiary/aromatic N) is 1. The number of carbonyl (C=O) groups is 1. The van der Waals surface area contributed by atoms with Gasteiger partial charge in [-0.05, 0) is 35.9 Å². The summed E-state index contributed by atoms with van der Waals surface area (Å²) in [6, 6.07) is 12.9. The average Bonchev–Trinajstić information content (AvgIpc) is 3.24. The van der Waals surface area contributed by atoms with Crippen molar-refractivity contribution >= 4 is 46.0 Å². The summed E-state index contributed by atoms with van der Waals surface area (Å²) >= 11 is 6.69. The molecule has 7 heteroatoms. The molecule has 0 spiro atoms. The van der Waals surface area contributed by atoms with Gasteiger partial charge < -0.3 is 14.2 Å². The smallest absolute Gasteiger partial charge is 0.270 e. The van der Waals surface area contributed by atoms with Crippen LogP contribution in [0.15, 0.2) is 60.0 Å². The molecule has 1 saturated heterocycles. The van der Waals surface area contributed by atoms with Gasteiger partial charge in [0.1, 0.15) is 12.4 Å². The van der Waals surface area contributed by atoms with Crippen LogP contribution >= 0.6 is 24.0 Å². The fourth-order valence-corrected chi connectivity index (χ4v) is 4.01. The Kier molecular flexibility index (Phi) is 4.87. The van der Waals surface area contributed by atoms with Gasteiger partial charge in [0, 0.05) is 6.07 Å². The summed E-state index contributed by atoms with van der Waals surface area (Å²) in [5, 5.41) is 0. The van der Waals surface area contributed by atoms with E-state index in [9.17, 15) is 4.79 Å². The third kappa shape index (κ3) is 3.56. The van der Waals surface area contributed by atoms with Crippen LogP contribution in [0.2, 0.25) is 0 Å². The summed E-state index contributed by atoms with van der Waals surface area (Å²) in [5.41, 5.74) is 1.52. The van der Waals surface area contributed by atoms with Gasteiger partial charge in [0.05, 0.1) is 10.6 Å². The molecule has 2 aromatic rings. The molecule has 0 saturated carbocycles. The number of rotatable bonds is 5. The molecule has 0 radical (unpaired) electrons. The highest BCUT2D eigenvalue weighted by Gasteiger charge is 2.34. The van der Waals surface area contributed by atoms with E-state index in [0.29, 0.717) is 33.0 Å². The number of carbonyl (C=O) groups excluding carboxylic acids is 1. The van der Waals surface area contributed by atoms with Crippen molar-refractivity contribution in [1.29, 1.82) is 0 Å². The predicted octanol–water partition coefficient (Wildman–Crippen LogP) is 4.39. The van der Waals surface area contributed by atoms with Gasteiger partial charge in [-0.3, -0.25) is 9.69 Å². The number of fused-ring (bicyclic) bond motifs is 1. The quantitative estimate of drug-likeness (QED) is 0.424. The maximum Gasteiger partial charge on any atom is 0.270 e. The number of anilines is 1. The van der Waals surface area contributed by atoms with Gasteiger partial charge in [-0.15, -0.1) is 0 Å². The lowest BCUT2D eigenvalue weighted by Gasteiger charge is -2.14. The lowest BCUT2D eigenvalue weighted by atomic mass is 10.2. The SMILES string of the molecule is C=CCOc1cccc(/C=C2/SC(=S)N(c3ccc4c(c3)OCO4)C2=O)c1. The van der Waals surface area contributed by atoms with Crippen molar-refractivity contribution in [2.24, 2.45) is 0 Å². The van der Waals surface area contributed by atoms with Crippen molar-refractivity contribution in [3.8, 4) is 17.2 Å². The molecule has 0 atom stereocenters. The van der Waals surface area contributed by atoms with Gasteiger partial charge in [0.25, 0.3) is 5.91 Å². The van der Waals surface area contributed by atoms with Crippen molar-refractivity contribution in [2.45, 2.75) is 0 Å². The largest absolute Gasteiger partial charge is 0.490 e. The normalized spacial score (nSPS) is 16.9. The molecular formula is C20H15NO4S2. The van der Waals surface area contributed by atoms with Crippen molar-refractivity contribution in [2.75, 3.05) is 18.3 Å². The molecule has 2 aliphatic rings. The van der Waals surface area contributed by atoms with Crippen molar-refractivity contribution in [3.05, 3.63) is 65.6 Å². The number of thioether (sulfide) groups is 1. The van der Waals surface area contributed by atoms with E-state index in [1.807, 2.05) is 30.3 Å². The summed E-state index contributed by atoms with van der Waals surface area (Å²) in [6.07, 6.45) is 3.50. The first-order valence-corrected chi connectivity index (χ1v) is 9.39. The molecule has 0 aliphatic carbocycles. The fraction of sp³-hybridized carbons (Fsp3) is 0.100. The van der Waals surface area contributed by atoms with Crippen LogP contribution in [0.3, 0.4) is 0 Å². The summed E-state index contributed by atoms with van der Waals surface area (Å²) in [6.45, 7) is 4.25. The van der Waals surface area contributed by atoms with Crippen LogP contribution in [-0.4, -0.2) is 23.6 Å². The third-order valence-electron chi connectivity index (χ3n) is 3.93. The highest BCUT2D eigenvalue weighted by Crippen LogP contribution is 2.40. The van der Waals surface area contributed by atoms with Gasteiger partial charge in [-0.1, -0.05) is 48.8 Å². The van der Waals surface area contributed by atoms with E-state index >= 15 is 0 Å². The molecule has 5 nitrogen and oxygen atoms in total. The second kappa shape index (κ2) is 7.46. The van der Waals surface area contributed by atoms with Crippen LogP contribution in [0.4, 0.5) is 5.69 Å². The second-order valence-electron chi connectivity index (χ2n) is 5.73. The van der Waals surface area contributed by atoms with Crippen molar-refractivity contribution in [1.82, 2.24) is 0 Å². The molecule has 27 heavy (non-hydrogen) atoms. The lowest BCUT2D eigenvalue weighted by Crippen LogP contribution is -2.27. The summed E-state index contributed by atoms with van der Waals surface area (Å²) in [5.74, 6) is 1.82. The lowest BCUT2D eigenvalue weighted by molar-refractivity contribution is -0.113. The highest BCUT2D eigenvalue weighted by atomic mass is 32.2. The van der Waals surface area contributed by atoms with E-state index < -0.39 is 0 Å². The Morgan fingerprint density at radius 1 is 1.22 bits per heavy atom. The van der Waals surface area contributed by atoms with E-state index in [2.05, 4.69) is 6.58 Å². The zero-order valence-corrected chi connectivity index (χ0v) is 15.8. The highest BCUT2D eigenvalue weighted by molar-refractivity contribution is 8.27. The van der Waals surface area contributed by atoms with Gasteiger partial charge in [-0.2, -0.15) is 0 Å². The number of benzene rings is 2. The molecule has 2 heterocycles. The number of amides is 1. The third-order valence-corrected chi connectivity index (χ3v) is 5.23. The molecule has 0 aromatic heterocycles. The minimum absolute atomic E-state index is 0.165. The van der Waals surface area contributed by atoms with Crippen molar-refractivity contribution < 1.29 is 19.0 Å². The zero-order valence-electron chi connectivity index (χ0n) is 14.2. The van der Waals surface area contributed by atoms with Gasteiger partial charge >= 0.3 is 0 Å². The molecular weight excluding hydrogens is 382 g/mol. The molecule has 1 amide bonds. The van der Waals surface area contributed by atoms with Crippen LogP contribution in [-0.2, 0) is 4.79 Å². The van der Waals surface area contributed by atoms with E-state index in [1.54, 1.807) is 24.3 Å². The topological polar surface area (TPSA) is 48.0 Å². The minimum atomic E-state index is -0.165. The van der Waals surface area contributed by atoms with Gasteiger partial charge in [-0.25, -0.2) is 0 Å². The predicted molar refractivity (Wildman–Crippen MR) is 110 cm³/mol. The van der Waals surface area contributed by atoms with E-state index in [0.717, 1.165) is 11.3 Å². The molecule has 0 unspecified atom stereocenters. The maximum absolute atomic E-state index is 12.9. The van der Waals surface area contributed by atoms with E-state index in [4.69, 9.17) is 26.4 Å². The van der Waals surface area contributed by atoms with Crippen molar-refractivity contribution in [3.63, 3.8) is 0 Å². The van der Waals surface area contributed by atoms with Gasteiger partial charge in [0.2, 0.25) is 6.79 Å². The minimum Gasteiger partial charge on any atom is -0.490 e. The van der Waals surface area contributed by atoms with Gasteiger partial charge in [0.15, 0.2) is 15.8 Å². The first-order chi connectivity index (χ1) is 13.2. The first kappa shape index (κ1) is 17.6. The first-order valence-electron chi connectivity index (χ1n) is 8.17. The number of hydrogen-bond acceptors (Lipinski definition) is 6. The monoisotopic (exact) mass is 397 g/mol. The summed E-state index contributed by atoms with van der Waals surface area (Å²) in [7, 11) is 0. The standard InChI is InChI=1S/C20H15NO4S2/c1-2-8-23-15-5-3-4-13(9-15)10-18-19(22)21(20(26)27-18)14-6-7-16-17(11-14)25-12-24-16/h2-7,9-11H,1,8,12H2/b18-10+. The summed E-state index contributed by atoms with van der Waals surface area (Å²) < 4.78 is 16.7. The Morgan fingerprint density at radius 2 is 2.07 bits per heavy atom. The van der Waals surface area contributed by atoms with Crippen LogP contribution in [0.5, 0.6) is 17.2 Å². The Hall–Kier alpha value is -2.77. The molecule has 4 rings (SSSR count). The Bertz CT molecular complexity index is 970. The van der Waals surface area contributed by atoms with Crippen LogP contribution in [0.1, 0.15) is 5.56 Å². The molecule has 2 aliphatic heterocycles. The van der Waals surface area contributed by atoms with Crippen LogP contribution in [0, 0.1) is 0 Å². The maximum atomic E-state index is 12.9. The summed E-state index contributed by atoms with van der Waals surface area (Å²) in [4.78, 5) is 15.0. The fourth-order valence-electron chi connectivity index (χ4n) is 2.72. The number of ether oxygens (including phenoxy) is 3. The number of thiocarbonyl (C=S) groups is 1. The average molecular weight is 397 g/mol. The van der Waals surface area contributed by atoms with E-state index in [-0.39, 0.29) is 12.7 Å². The Labute approximate surface area is 166 Å². The molecule has 1 fully saturated rings.